The standard InChI is InChI=1S/C14H24N4O2/c1-3-4-11-12(15)13(17-16-11)14(19)18(2)9-10-5-7-20-8-6-10/h10H,3-9,15H2,1-2H3,(H,16,17). The van der Waals surface area contributed by atoms with Gasteiger partial charge < -0.3 is 15.4 Å². The van der Waals surface area contributed by atoms with E-state index < -0.39 is 0 Å². The van der Waals surface area contributed by atoms with Gasteiger partial charge in [0, 0.05) is 26.8 Å². The van der Waals surface area contributed by atoms with Crippen LogP contribution in [0.2, 0.25) is 0 Å². The maximum Gasteiger partial charge on any atom is 0.276 e. The molecule has 20 heavy (non-hydrogen) atoms. The number of carbonyl (C=O) groups excluding carboxylic acids is 1. The van der Waals surface area contributed by atoms with E-state index in [1.165, 1.54) is 0 Å². The Morgan fingerprint density at radius 2 is 2.20 bits per heavy atom. The third-order valence-corrected chi connectivity index (χ3v) is 3.81. The van der Waals surface area contributed by atoms with Gasteiger partial charge in [-0.25, -0.2) is 0 Å². The van der Waals surface area contributed by atoms with Crippen LogP contribution in [-0.4, -0.2) is 47.8 Å². The second kappa shape index (κ2) is 6.74. The third kappa shape index (κ3) is 3.30. The predicted molar refractivity (Wildman–Crippen MR) is 77.5 cm³/mol. The van der Waals surface area contributed by atoms with Crippen LogP contribution in [0, 0.1) is 5.92 Å². The fourth-order valence-corrected chi connectivity index (χ4v) is 2.57. The predicted octanol–water partition coefficient (Wildman–Crippen LogP) is 1.44. The van der Waals surface area contributed by atoms with E-state index in [1.807, 2.05) is 7.05 Å². The Morgan fingerprint density at radius 1 is 1.50 bits per heavy atom. The first-order valence-corrected chi connectivity index (χ1v) is 7.29. The Kier molecular flexibility index (Phi) is 5.00. The number of H-pyrrole nitrogens is 1. The monoisotopic (exact) mass is 280 g/mol. The molecule has 0 unspecified atom stereocenters. The molecule has 6 nitrogen and oxygen atoms in total. The average molecular weight is 280 g/mol. The minimum absolute atomic E-state index is 0.104. The van der Waals surface area contributed by atoms with E-state index in [1.54, 1.807) is 4.90 Å². The van der Waals surface area contributed by atoms with Crippen LogP contribution in [0.25, 0.3) is 0 Å². The number of ether oxygens (including phenoxy) is 1. The molecule has 1 saturated heterocycles. The third-order valence-electron chi connectivity index (χ3n) is 3.81. The summed E-state index contributed by atoms with van der Waals surface area (Å²) in [5.74, 6) is 0.403. The number of aromatic nitrogens is 2. The summed E-state index contributed by atoms with van der Waals surface area (Å²) < 4.78 is 5.33. The van der Waals surface area contributed by atoms with Crippen molar-refractivity contribution in [3.63, 3.8) is 0 Å². The molecule has 0 spiro atoms. The van der Waals surface area contributed by atoms with E-state index in [-0.39, 0.29) is 5.91 Å². The number of nitrogens with one attached hydrogen (secondary N) is 1. The molecule has 0 atom stereocenters. The molecular formula is C14H24N4O2. The molecule has 1 aromatic heterocycles. The van der Waals surface area contributed by atoms with Gasteiger partial charge >= 0.3 is 0 Å². The number of anilines is 1. The number of rotatable bonds is 5. The van der Waals surface area contributed by atoms with Gasteiger partial charge in [-0.1, -0.05) is 13.3 Å². The van der Waals surface area contributed by atoms with Crippen LogP contribution in [0.4, 0.5) is 5.69 Å². The number of hydrogen-bond acceptors (Lipinski definition) is 4. The Balaban J connectivity index is 1.98. The zero-order valence-electron chi connectivity index (χ0n) is 12.3. The highest BCUT2D eigenvalue weighted by Gasteiger charge is 2.23. The smallest absolute Gasteiger partial charge is 0.276 e. The van der Waals surface area contributed by atoms with Crippen molar-refractivity contribution in [1.82, 2.24) is 15.1 Å². The summed E-state index contributed by atoms with van der Waals surface area (Å²) in [5.41, 5.74) is 7.70. The van der Waals surface area contributed by atoms with Crippen molar-refractivity contribution >= 4 is 11.6 Å². The summed E-state index contributed by atoms with van der Waals surface area (Å²) in [6.45, 7) is 4.38. The van der Waals surface area contributed by atoms with Crippen molar-refractivity contribution in [2.24, 2.45) is 5.92 Å². The van der Waals surface area contributed by atoms with Gasteiger partial charge in [0.1, 0.15) is 0 Å². The van der Waals surface area contributed by atoms with Crippen molar-refractivity contribution in [2.45, 2.75) is 32.6 Å². The number of nitrogens with zero attached hydrogens (tertiary/aromatic N) is 2. The van der Waals surface area contributed by atoms with E-state index in [4.69, 9.17) is 10.5 Å². The van der Waals surface area contributed by atoms with Gasteiger partial charge in [0.05, 0.1) is 11.4 Å². The van der Waals surface area contributed by atoms with Gasteiger partial charge in [0.2, 0.25) is 0 Å². The van der Waals surface area contributed by atoms with Crippen LogP contribution >= 0.6 is 0 Å². The molecule has 2 rings (SSSR count). The SMILES string of the molecule is CCCc1[nH]nc(C(=O)N(C)CC2CCOCC2)c1N. The molecule has 0 aromatic carbocycles. The molecule has 0 radical (unpaired) electrons. The molecular weight excluding hydrogens is 256 g/mol. The number of hydrogen-bond donors (Lipinski definition) is 2. The average Bonchev–Trinajstić information content (AvgIpc) is 2.81. The molecule has 0 saturated carbocycles. The summed E-state index contributed by atoms with van der Waals surface area (Å²) in [6, 6.07) is 0. The lowest BCUT2D eigenvalue weighted by atomic mass is 10.00. The van der Waals surface area contributed by atoms with Crippen LogP contribution in [-0.2, 0) is 11.2 Å². The molecule has 2 heterocycles. The Bertz CT molecular complexity index is 452. The Morgan fingerprint density at radius 3 is 2.85 bits per heavy atom. The van der Waals surface area contributed by atoms with Gasteiger partial charge in [0.15, 0.2) is 5.69 Å². The fraction of sp³-hybridized carbons (Fsp3) is 0.714. The lowest BCUT2D eigenvalue weighted by Gasteiger charge is -2.26. The van der Waals surface area contributed by atoms with Crippen molar-refractivity contribution < 1.29 is 9.53 Å². The summed E-state index contributed by atoms with van der Waals surface area (Å²) in [4.78, 5) is 14.1. The van der Waals surface area contributed by atoms with Gasteiger partial charge in [0.25, 0.3) is 5.91 Å². The van der Waals surface area contributed by atoms with Crippen molar-refractivity contribution in [3.05, 3.63) is 11.4 Å². The lowest BCUT2D eigenvalue weighted by Crippen LogP contribution is -2.34. The summed E-state index contributed by atoms with van der Waals surface area (Å²) in [6.07, 6.45) is 3.80. The van der Waals surface area contributed by atoms with Crippen LogP contribution in [0.15, 0.2) is 0 Å². The van der Waals surface area contributed by atoms with Crippen LogP contribution < -0.4 is 5.73 Å². The van der Waals surface area contributed by atoms with Gasteiger partial charge in [-0.3, -0.25) is 9.89 Å². The zero-order chi connectivity index (χ0) is 14.5. The fourth-order valence-electron chi connectivity index (χ4n) is 2.57. The van der Waals surface area contributed by atoms with E-state index in [0.717, 1.165) is 51.1 Å². The van der Waals surface area contributed by atoms with Crippen molar-refractivity contribution in [1.29, 1.82) is 0 Å². The summed E-state index contributed by atoms with van der Waals surface area (Å²) in [7, 11) is 1.81. The van der Waals surface area contributed by atoms with Gasteiger partial charge in [-0.05, 0) is 25.2 Å². The number of nitrogen functional groups attached to an aromatic ring is 1. The molecule has 1 aromatic rings. The molecule has 1 aliphatic rings. The second-order valence-electron chi connectivity index (χ2n) is 5.46. The molecule has 1 amide bonds. The first-order chi connectivity index (χ1) is 9.63. The summed E-state index contributed by atoms with van der Waals surface area (Å²) >= 11 is 0. The van der Waals surface area contributed by atoms with E-state index >= 15 is 0 Å². The number of carbonyl (C=O) groups is 1. The van der Waals surface area contributed by atoms with Gasteiger partial charge in [-0.2, -0.15) is 5.10 Å². The minimum Gasteiger partial charge on any atom is -0.395 e. The van der Waals surface area contributed by atoms with Crippen molar-refractivity contribution in [2.75, 3.05) is 32.5 Å². The van der Waals surface area contributed by atoms with Crippen LogP contribution in [0.5, 0.6) is 0 Å². The van der Waals surface area contributed by atoms with Gasteiger partial charge in [-0.15, -0.1) is 0 Å². The lowest BCUT2D eigenvalue weighted by molar-refractivity contribution is 0.0495. The second-order valence-corrected chi connectivity index (χ2v) is 5.46. The highest BCUT2D eigenvalue weighted by Crippen LogP contribution is 2.20. The molecule has 0 aliphatic carbocycles. The highest BCUT2D eigenvalue weighted by atomic mass is 16.5. The van der Waals surface area contributed by atoms with E-state index in [9.17, 15) is 4.79 Å². The number of aromatic amines is 1. The molecule has 112 valence electrons. The Labute approximate surface area is 119 Å². The van der Waals surface area contributed by atoms with E-state index in [2.05, 4.69) is 17.1 Å². The van der Waals surface area contributed by atoms with Crippen molar-refractivity contribution in [3.8, 4) is 0 Å². The molecule has 6 heteroatoms. The molecule has 1 fully saturated rings. The number of aryl methyl sites for hydroxylation is 1. The topological polar surface area (TPSA) is 84.2 Å². The quantitative estimate of drug-likeness (QED) is 0.855. The largest absolute Gasteiger partial charge is 0.395 e. The normalized spacial score (nSPS) is 16.3. The number of nitrogens with two attached hydrogens (primary N) is 1. The maximum absolute atomic E-state index is 12.4. The maximum atomic E-state index is 12.4. The highest BCUT2D eigenvalue weighted by molar-refractivity contribution is 5.97. The molecule has 0 bridgehead atoms. The molecule has 1 aliphatic heterocycles. The molecule has 3 N–H and O–H groups in total. The zero-order valence-corrected chi connectivity index (χ0v) is 12.3. The first kappa shape index (κ1) is 14.8. The van der Waals surface area contributed by atoms with Crippen LogP contribution in [0.3, 0.4) is 0 Å². The number of amides is 1. The Hall–Kier alpha value is -1.56. The van der Waals surface area contributed by atoms with Crippen LogP contribution in [0.1, 0.15) is 42.4 Å². The first-order valence-electron chi connectivity index (χ1n) is 7.29. The van der Waals surface area contributed by atoms with E-state index in [0.29, 0.717) is 17.3 Å². The summed E-state index contributed by atoms with van der Waals surface area (Å²) in [5, 5.41) is 6.95. The minimum atomic E-state index is -0.104.